The van der Waals surface area contributed by atoms with Gasteiger partial charge in [-0.15, -0.1) is 16.7 Å². The molecule has 0 radical (unpaired) electrons. The Hall–Kier alpha value is -1.48. The Bertz CT molecular complexity index is 1030. The Labute approximate surface area is 145 Å². The average molecular weight is 390 g/mol. The standard InChI is InChI=1S/C13H9Cl2N3O3S2/c14-6-9-10(15)11(19)18-12(16-9)22-13(17-18)23(20,21)7-8-4-2-1-3-5-8/h1-5H,6-7H2. The highest BCUT2D eigenvalue weighted by atomic mass is 35.5. The molecule has 120 valence electrons. The third-order valence-corrected chi connectivity index (χ3v) is 6.67. The van der Waals surface area contributed by atoms with Crippen LogP contribution in [0.3, 0.4) is 0 Å². The number of halogens is 2. The summed E-state index contributed by atoms with van der Waals surface area (Å²) in [6.45, 7) is 0. The summed E-state index contributed by atoms with van der Waals surface area (Å²) in [7, 11) is -3.69. The molecule has 0 unspecified atom stereocenters. The molecule has 2 heterocycles. The fourth-order valence-electron chi connectivity index (χ4n) is 1.92. The maximum atomic E-state index is 12.5. The molecule has 2 aromatic heterocycles. The largest absolute Gasteiger partial charge is 0.294 e. The summed E-state index contributed by atoms with van der Waals surface area (Å²) >= 11 is 12.4. The van der Waals surface area contributed by atoms with E-state index in [1.54, 1.807) is 30.3 Å². The molecular weight excluding hydrogens is 381 g/mol. The van der Waals surface area contributed by atoms with Gasteiger partial charge >= 0.3 is 0 Å². The lowest BCUT2D eigenvalue weighted by atomic mass is 10.2. The van der Waals surface area contributed by atoms with Gasteiger partial charge in [0.1, 0.15) is 5.02 Å². The van der Waals surface area contributed by atoms with E-state index in [1.165, 1.54) is 0 Å². The molecular formula is C13H9Cl2N3O3S2. The van der Waals surface area contributed by atoms with Crippen LogP contribution in [0.4, 0.5) is 0 Å². The van der Waals surface area contributed by atoms with Crippen molar-refractivity contribution < 1.29 is 8.42 Å². The number of nitrogens with zero attached hydrogens (tertiary/aromatic N) is 3. The SMILES string of the molecule is O=c1c(Cl)c(CCl)nc2sc(S(=O)(=O)Cc3ccccc3)nn12. The molecule has 0 N–H and O–H groups in total. The van der Waals surface area contributed by atoms with Crippen molar-refractivity contribution in [1.82, 2.24) is 14.6 Å². The molecule has 3 rings (SSSR count). The lowest BCUT2D eigenvalue weighted by Gasteiger charge is -1.99. The minimum atomic E-state index is -3.69. The number of aromatic nitrogens is 3. The fourth-order valence-corrected chi connectivity index (χ4v) is 4.88. The Morgan fingerprint density at radius 3 is 2.57 bits per heavy atom. The fraction of sp³-hybridized carbons (Fsp3) is 0.154. The van der Waals surface area contributed by atoms with E-state index in [4.69, 9.17) is 23.2 Å². The molecule has 0 bridgehead atoms. The molecule has 0 spiro atoms. The van der Waals surface area contributed by atoms with E-state index in [2.05, 4.69) is 10.1 Å². The van der Waals surface area contributed by atoms with Gasteiger partial charge in [-0.1, -0.05) is 53.3 Å². The first-order valence-electron chi connectivity index (χ1n) is 6.33. The lowest BCUT2D eigenvalue weighted by Crippen LogP contribution is -2.18. The normalized spacial score (nSPS) is 11.9. The van der Waals surface area contributed by atoms with Crippen LogP contribution >= 0.6 is 34.5 Å². The summed E-state index contributed by atoms with van der Waals surface area (Å²) in [5, 5.41) is 3.70. The molecule has 0 aliphatic heterocycles. The first-order chi connectivity index (χ1) is 10.9. The van der Waals surface area contributed by atoms with Gasteiger partial charge < -0.3 is 0 Å². The van der Waals surface area contributed by atoms with Crippen LogP contribution in [-0.2, 0) is 21.5 Å². The van der Waals surface area contributed by atoms with Crippen LogP contribution in [0.25, 0.3) is 4.96 Å². The molecule has 3 aromatic rings. The van der Waals surface area contributed by atoms with Gasteiger partial charge in [-0.25, -0.2) is 13.4 Å². The summed E-state index contributed by atoms with van der Waals surface area (Å²) in [5.74, 6) is -0.257. The Kier molecular flexibility index (Phi) is 4.41. The predicted molar refractivity (Wildman–Crippen MR) is 89.0 cm³/mol. The maximum absolute atomic E-state index is 12.5. The molecule has 0 saturated carbocycles. The summed E-state index contributed by atoms with van der Waals surface area (Å²) < 4.78 is 25.6. The van der Waals surface area contributed by atoms with Crippen LogP contribution in [0.2, 0.25) is 5.02 Å². The molecule has 1 aromatic carbocycles. The van der Waals surface area contributed by atoms with Gasteiger partial charge in [0.15, 0.2) is 0 Å². The van der Waals surface area contributed by atoms with Crippen LogP contribution in [0.15, 0.2) is 39.5 Å². The van der Waals surface area contributed by atoms with E-state index < -0.39 is 15.4 Å². The Morgan fingerprint density at radius 2 is 1.91 bits per heavy atom. The number of benzene rings is 1. The van der Waals surface area contributed by atoms with Crippen LogP contribution in [0.5, 0.6) is 0 Å². The minimum Gasteiger partial charge on any atom is -0.266 e. The number of sulfone groups is 1. The van der Waals surface area contributed by atoms with Crippen LogP contribution in [0.1, 0.15) is 11.3 Å². The number of rotatable bonds is 4. The van der Waals surface area contributed by atoms with Crippen molar-refractivity contribution in [3.8, 4) is 0 Å². The quantitative estimate of drug-likeness (QED) is 0.640. The molecule has 0 atom stereocenters. The molecule has 0 amide bonds. The number of hydrogen-bond acceptors (Lipinski definition) is 6. The second-order valence-electron chi connectivity index (χ2n) is 4.62. The minimum absolute atomic E-state index is 0.0471. The van der Waals surface area contributed by atoms with E-state index >= 15 is 0 Å². The van der Waals surface area contributed by atoms with Crippen molar-refractivity contribution in [1.29, 1.82) is 0 Å². The van der Waals surface area contributed by atoms with E-state index in [9.17, 15) is 13.2 Å². The zero-order valence-electron chi connectivity index (χ0n) is 11.4. The second kappa shape index (κ2) is 6.20. The summed E-state index contributed by atoms with van der Waals surface area (Å²) in [6.07, 6.45) is 0. The van der Waals surface area contributed by atoms with Crippen LogP contribution in [-0.4, -0.2) is 23.0 Å². The zero-order chi connectivity index (χ0) is 16.6. The van der Waals surface area contributed by atoms with Gasteiger partial charge in [0.2, 0.25) is 19.1 Å². The van der Waals surface area contributed by atoms with Gasteiger partial charge in [-0.2, -0.15) is 4.52 Å². The highest BCUT2D eigenvalue weighted by molar-refractivity contribution is 7.92. The molecule has 23 heavy (non-hydrogen) atoms. The maximum Gasteiger partial charge on any atom is 0.294 e. The topological polar surface area (TPSA) is 81.4 Å². The molecule has 0 aliphatic carbocycles. The molecule has 0 aliphatic rings. The lowest BCUT2D eigenvalue weighted by molar-refractivity contribution is 0.592. The highest BCUT2D eigenvalue weighted by Crippen LogP contribution is 2.23. The second-order valence-corrected chi connectivity index (χ2v) is 8.38. The smallest absolute Gasteiger partial charge is 0.266 e. The van der Waals surface area contributed by atoms with E-state index in [1.807, 2.05) is 0 Å². The van der Waals surface area contributed by atoms with Crippen LogP contribution in [0, 0.1) is 0 Å². The van der Waals surface area contributed by atoms with Crippen LogP contribution < -0.4 is 5.56 Å². The van der Waals surface area contributed by atoms with Crippen molar-refractivity contribution in [3.63, 3.8) is 0 Å². The zero-order valence-corrected chi connectivity index (χ0v) is 14.6. The monoisotopic (exact) mass is 389 g/mol. The average Bonchev–Trinajstić information content (AvgIpc) is 2.96. The van der Waals surface area contributed by atoms with E-state index in [0.717, 1.165) is 15.9 Å². The van der Waals surface area contributed by atoms with Gasteiger partial charge in [-0.05, 0) is 5.56 Å². The van der Waals surface area contributed by atoms with E-state index in [0.29, 0.717) is 5.56 Å². The number of fused-ring (bicyclic) bond motifs is 1. The van der Waals surface area contributed by atoms with Crippen molar-refractivity contribution >= 4 is 49.3 Å². The summed E-state index contributed by atoms with van der Waals surface area (Å²) in [5.41, 5.74) is 0.199. The van der Waals surface area contributed by atoms with Gasteiger partial charge in [0.25, 0.3) is 5.56 Å². The molecule has 0 fully saturated rings. The van der Waals surface area contributed by atoms with Gasteiger partial charge in [0, 0.05) is 0 Å². The number of alkyl halides is 1. The van der Waals surface area contributed by atoms with Crippen molar-refractivity contribution in [2.24, 2.45) is 0 Å². The Morgan fingerprint density at radius 1 is 1.22 bits per heavy atom. The predicted octanol–water partition coefficient (Wildman–Crippen LogP) is 2.52. The molecule has 6 nitrogen and oxygen atoms in total. The summed E-state index contributed by atoms with van der Waals surface area (Å²) in [6, 6.07) is 8.71. The molecule has 0 saturated heterocycles. The first-order valence-corrected chi connectivity index (χ1v) is 9.71. The van der Waals surface area contributed by atoms with Gasteiger partial charge in [-0.3, -0.25) is 4.79 Å². The first kappa shape index (κ1) is 16.4. The number of hydrogen-bond donors (Lipinski definition) is 0. The summed E-state index contributed by atoms with van der Waals surface area (Å²) in [4.78, 5) is 16.3. The van der Waals surface area contributed by atoms with Crippen molar-refractivity contribution in [3.05, 3.63) is 57.0 Å². The van der Waals surface area contributed by atoms with E-state index in [-0.39, 0.29) is 31.6 Å². The third-order valence-electron chi connectivity index (χ3n) is 3.00. The molecule has 10 heteroatoms. The van der Waals surface area contributed by atoms with Crippen molar-refractivity contribution in [2.75, 3.05) is 0 Å². The Balaban J connectivity index is 2.10. The van der Waals surface area contributed by atoms with Gasteiger partial charge in [0.05, 0.1) is 17.3 Å². The van der Waals surface area contributed by atoms with Crippen molar-refractivity contribution in [2.45, 2.75) is 16.0 Å². The highest BCUT2D eigenvalue weighted by Gasteiger charge is 2.23. The third kappa shape index (κ3) is 3.12.